The molecule has 0 atom stereocenters. The van der Waals surface area contributed by atoms with Gasteiger partial charge in [-0.2, -0.15) is 5.26 Å². The molecule has 5 nitrogen and oxygen atoms in total. The van der Waals surface area contributed by atoms with E-state index in [0.29, 0.717) is 17.1 Å². The van der Waals surface area contributed by atoms with Gasteiger partial charge in [0, 0.05) is 5.92 Å². The fourth-order valence-corrected chi connectivity index (χ4v) is 4.11. The van der Waals surface area contributed by atoms with Crippen LogP contribution < -0.4 is 14.2 Å². The molecule has 0 fully saturated rings. The van der Waals surface area contributed by atoms with Gasteiger partial charge in [0.15, 0.2) is 11.5 Å². The lowest BCUT2D eigenvalue weighted by molar-refractivity contribution is -0.134. The lowest BCUT2D eigenvalue weighted by atomic mass is 9.88. The van der Waals surface area contributed by atoms with Crippen LogP contribution in [0.5, 0.6) is 17.2 Å². The molecule has 4 aromatic carbocycles. The van der Waals surface area contributed by atoms with Gasteiger partial charge < -0.3 is 14.2 Å². The molecule has 0 amide bonds. The third-order valence-electron chi connectivity index (χ3n) is 6.02. The summed E-state index contributed by atoms with van der Waals surface area (Å²) < 4.78 is 16.4. The van der Waals surface area contributed by atoms with Gasteiger partial charge >= 0.3 is 5.97 Å². The minimum atomic E-state index is -0.366. The quantitative estimate of drug-likeness (QED) is 0.111. The summed E-state index contributed by atoms with van der Waals surface area (Å²) in [6, 6.07) is 34.6. The van der Waals surface area contributed by atoms with Crippen LogP contribution in [0.1, 0.15) is 34.6 Å². The standard InChI is InChI=1S/C32H27NO4/c1-35-28-16-14-24(15-17-28)27(22-33)19-23-13-18-30(31(20-23)36-2)37-32(34)21-29(25-9-5-3-6-10-25)26-11-7-4-8-12-26/h3-20,29H,21H2,1-2H3/b27-19-. The van der Waals surface area contributed by atoms with E-state index in [1.165, 1.54) is 7.11 Å². The van der Waals surface area contributed by atoms with Gasteiger partial charge in [-0.25, -0.2) is 0 Å². The molecule has 5 heteroatoms. The molecule has 0 saturated heterocycles. The number of esters is 1. The van der Waals surface area contributed by atoms with Crippen LogP contribution in [0.3, 0.4) is 0 Å². The van der Waals surface area contributed by atoms with Gasteiger partial charge in [-0.15, -0.1) is 0 Å². The van der Waals surface area contributed by atoms with Crippen molar-refractivity contribution in [1.29, 1.82) is 5.26 Å². The Morgan fingerprint density at radius 1 is 0.811 bits per heavy atom. The molecule has 184 valence electrons. The Bertz CT molecular complexity index is 1370. The van der Waals surface area contributed by atoms with Crippen LogP contribution in [0.2, 0.25) is 0 Å². The molecule has 0 unspecified atom stereocenters. The number of carbonyl (C=O) groups excluding carboxylic acids is 1. The van der Waals surface area contributed by atoms with Crippen LogP contribution in [-0.4, -0.2) is 20.2 Å². The zero-order chi connectivity index (χ0) is 26.0. The SMILES string of the molecule is COc1ccc(/C(C#N)=C\c2ccc(OC(=O)CC(c3ccccc3)c3ccccc3)c(OC)c2)cc1. The van der Waals surface area contributed by atoms with E-state index in [4.69, 9.17) is 14.2 Å². The number of rotatable bonds is 9. The molecule has 4 aromatic rings. The van der Waals surface area contributed by atoms with E-state index >= 15 is 0 Å². The molecule has 0 radical (unpaired) electrons. The third kappa shape index (κ3) is 6.45. The molecule has 0 aromatic heterocycles. The number of hydrogen-bond donors (Lipinski definition) is 0. The lowest BCUT2D eigenvalue weighted by Gasteiger charge is -2.18. The maximum absolute atomic E-state index is 13.0. The fraction of sp³-hybridized carbons (Fsp3) is 0.125. The van der Waals surface area contributed by atoms with Crippen LogP contribution >= 0.6 is 0 Å². The molecule has 0 aliphatic carbocycles. The second kappa shape index (κ2) is 12.2. The summed E-state index contributed by atoms with van der Waals surface area (Å²) in [5.41, 5.74) is 4.09. The molecule has 0 N–H and O–H groups in total. The summed E-state index contributed by atoms with van der Waals surface area (Å²) in [4.78, 5) is 13.0. The Hall–Kier alpha value is -4.82. The van der Waals surface area contributed by atoms with E-state index in [9.17, 15) is 10.1 Å². The van der Waals surface area contributed by atoms with Crippen molar-refractivity contribution in [3.8, 4) is 23.3 Å². The van der Waals surface area contributed by atoms with Crippen molar-refractivity contribution in [2.24, 2.45) is 0 Å². The number of nitrogens with zero attached hydrogens (tertiary/aromatic N) is 1. The number of carbonyl (C=O) groups is 1. The average molecular weight is 490 g/mol. The van der Waals surface area contributed by atoms with Crippen LogP contribution in [-0.2, 0) is 4.79 Å². The normalized spacial score (nSPS) is 11.0. The van der Waals surface area contributed by atoms with E-state index in [-0.39, 0.29) is 18.3 Å². The highest BCUT2D eigenvalue weighted by atomic mass is 16.6. The molecule has 0 spiro atoms. The van der Waals surface area contributed by atoms with E-state index in [0.717, 1.165) is 28.0 Å². The molecule has 0 aliphatic rings. The van der Waals surface area contributed by atoms with E-state index in [2.05, 4.69) is 6.07 Å². The van der Waals surface area contributed by atoms with Gasteiger partial charge in [0.2, 0.25) is 0 Å². The van der Waals surface area contributed by atoms with Gasteiger partial charge in [-0.1, -0.05) is 66.7 Å². The van der Waals surface area contributed by atoms with E-state index in [1.54, 1.807) is 31.4 Å². The molecule has 0 heterocycles. The van der Waals surface area contributed by atoms with Crippen LogP contribution in [0.15, 0.2) is 103 Å². The van der Waals surface area contributed by atoms with Gasteiger partial charge in [0.1, 0.15) is 5.75 Å². The van der Waals surface area contributed by atoms with Gasteiger partial charge in [-0.05, 0) is 64.7 Å². The number of methoxy groups -OCH3 is 2. The third-order valence-corrected chi connectivity index (χ3v) is 6.02. The molecule has 0 saturated carbocycles. The summed E-state index contributed by atoms with van der Waals surface area (Å²) >= 11 is 0. The van der Waals surface area contributed by atoms with Crippen molar-refractivity contribution in [3.63, 3.8) is 0 Å². The summed E-state index contributed by atoms with van der Waals surface area (Å²) in [5.74, 6) is 0.953. The number of ether oxygens (including phenoxy) is 3. The second-order valence-electron chi connectivity index (χ2n) is 8.36. The van der Waals surface area contributed by atoms with E-state index < -0.39 is 0 Å². The monoisotopic (exact) mass is 489 g/mol. The Labute approximate surface area is 217 Å². The molecule has 4 rings (SSSR count). The highest BCUT2D eigenvalue weighted by Gasteiger charge is 2.20. The van der Waals surface area contributed by atoms with E-state index in [1.807, 2.05) is 84.9 Å². The smallest absolute Gasteiger partial charge is 0.312 e. The first-order valence-electron chi connectivity index (χ1n) is 11.9. The molecule has 0 bridgehead atoms. The Morgan fingerprint density at radius 2 is 1.43 bits per heavy atom. The number of benzene rings is 4. The first kappa shape index (κ1) is 25.3. The van der Waals surface area contributed by atoms with Crippen molar-refractivity contribution in [2.45, 2.75) is 12.3 Å². The zero-order valence-corrected chi connectivity index (χ0v) is 20.8. The van der Waals surface area contributed by atoms with Crippen molar-refractivity contribution < 1.29 is 19.0 Å². The summed E-state index contributed by atoms with van der Waals surface area (Å²) in [6.45, 7) is 0. The lowest BCUT2D eigenvalue weighted by Crippen LogP contribution is -2.14. The van der Waals surface area contributed by atoms with Gasteiger partial charge in [0.25, 0.3) is 0 Å². The number of allylic oxidation sites excluding steroid dienone is 1. The second-order valence-corrected chi connectivity index (χ2v) is 8.36. The predicted molar refractivity (Wildman–Crippen MR) is 144 cm³/mol. The highest BCUT2D eigenvalue weighted by Crippen LogP contribution is 2.33. The van der Waals surface area contributed by atoms with Gasteiger partial charge in [-0.3, -0.25) is 4.79 Å². The largest absolute Gasteiger partial charge is 0.497 e. The summed E-state index contributed by atoms with van der Waals surface area (Å²) in [7, 11) is 3.12. The first-order valence-corrected chi connectivity index (χ1v) is 11.9. The van der Waals surface area contributed by atoms with Crippen molar-refractivity contribution in [1.82, 2.24) is 0 Å². The Morgan fingerprint density at radius 3 is 1.97 bits per heavy atom. The van der Waals surface area contributed by atoms with Crippen molar-refractivity contribution in [3.05, 3.63) is 125 Å². The Balaban J connectivity index is 1.54. The number of nitriles is 1. The fourth-order valence-electron chi connectivity index (χ4n) is 4.11. The van der Waals surface area contributed by atoms with Crippen molar-refractivity contribution >= 4 is 17.6 Å². The molecule has 37 heavy (non-hydrogen) atoms. The molecular weight excluding hydrogens is 462 g/mol. The number of hydrogen-bond acceptors (Lipinski definition) is 5. The van der Waals surface area contributed by atoms with Gasteiger partial charge in [0.05, 0.1) is 32.3 Å². The van der Waals surface area contributed by atoms with Crippen LogP contribution in [0.25, 0.3) is 11.6 Å². The molecule has 0 aliphatic heterocycles. The Kier molecular flexibility index (Phi) is 8.36. The first-order chi connectivity index (χ1) is 18.1. The summed E-state index contributed by atoms with van der Waals surface area (Å²) in [6.07, 6.45) is 1.94. The minimum Gasteiger partial charge on any atom is -0.497 e. The topological polar surface area (TPSA) is 68.5 Å². The van der Waals surface area contributed by atoms with Crippen molar-refractivity contribution in [2.75, 3.05) is 14.2 Å². The molecular formula is C32H27NO4. The zero-order valence-electron chi connectivity index (χ0n) is 20.8. The maximum atomic E-state index is 13.0. The highest BCUT2D eigenvalue weighted by molar-refractivity contribution is 5.90. The summed E-state index contributed by atoms with van der Waals surface area (Å²) in [5, 5.41) is 9.69. The van der Waals surface area contributed by atoms with Crippen LogP contribution in [0, 0.1) is 11.3 Å². The maximum Gasteiger partial charge on any atom is 0.312 e. The van der Waals surface area contributed by atoms with Crippen LogP contribution in [0.4, 0.5) is 0 Å². The minimum absolute atomic E-state index is 0.134. The predicted octanol–water partition coefficient (Wildman–Crippen LogP) is 6.90. The average Bonchev–Trinajstić information content (AvgIpc) is 2.96.